The van der Waals surface area contributed by atoms with E-state index in [1.165, 1.54) is 44.1 Å². The smallest absolute Gasteiger partial charge is 0.162 e. The monoisotopic (exact) mass is 402 g/mol. The molecule has 110 valence electrons. The van der Waals surface area contributed by atoms with Crippen LogP contribution in [0.5, 0.6) is 11.5 Å². The summed E-state index contributed by atoms with van der Waals surface area (Å²) in [5.41, 5.74) is 1.28. The normalized spacial score (nSPS) is 20.7. The maximum absolute atomic E-state index is 5.69. The van der Waals surface area contributed by atoms with Gasteiger partial charge in [0.05, 0.1) is 0 Å². The fraction of sp³-hybridized carbons (Fsp3) is 0.625. The number of rotatable bonds is 3. The molecule has 0 bridgehead atoms. The summed E-state index contributed by atoms with van der Waals surface area (Å²) >= 11 is 7.55. The van der Waals surface area contributed by atoms with Crippen LogP contribution in [0, 0.1) is 5.92 Å². The van der Waals surface area contributed by atoms with Crippen molar-refractivity contribution in [2.24, 2.45) is 5.92 Å². The van der Waals surface area contributed by atoms with Gasteiger partial charge in [0.1, 0.15) is 13.2 Å². The quantitative estimate of drug-likeness (QED) is 0.609. The average molecular weight is 404 g/mol. The molecule has 0 spiro atoms. The minimum Gasteiger partial charge on any atom is -0.486 e. The highest BCUT2D eigenvalue weighted by atomic mass is 79.9. The summed E-state index contributed by atoms with van der Waals surface area (Å²) in [6, 6.07) is 4.17. The van der Waals surface area contributed by atoms with E-state index >= 15 is 0 Å². The van der Waals surface area contributed by atoms with Gasteiger partial charge < -0.3 is 9.47 Å². The number of benzene rings is 1. The number of ether oxygens (including phenoxy) is 2. The first-order valence-electron chi connectivity index (χ1n) is 7.47. The molecule has 1 atom stereocenters. The van der Waals surface area contributed by atoms with E-state index in [9.17, 15) is 0 Å². The minimum absolute atomic E-state index is 0.385. The molecule has 0 aromatic heterocycles. The zero-order valence-electron chi connectivity index (χ0n) is 11.5. The van der Waals surface area contributed by atoms with Crippen LogP contribution in [-0.4, -0.2) is 13.2 Å². The first kappa shape index (κ1) is 14.7. The van der Waals surface area contributed by atoms with Gasteiger partial charge in [0, 0.05) is 9.30 Å². The Kier molecular flexibility index (Phi) is 4.92. The van der Waals surface area contributed by atoms with Crippen LogP contribution < -0.4 is 9.47 Å². The summed E-state index contributed by atoms with van der Waals surface area (Å²) in [5, 5.41) is 0. The van der Waals surface area contributed by atoms with E-state index in [1.54, 1.807) is 0 Å². The lowest BCUT2D eigenvalue weighted by molar-refractivity contribution is 0.171. The van der Waals surface area contributed by atoms with Crippen LogP contribution in [0.3, 0.4) is 0 Å². The fourth-order valence-corrected chi connectivity index (χ4v) is 4.98. The molecule has 1 saturated carbocycles. The van der Waals surface area contributed by atoms with E-state index < -0.39 is 0 Å². The Balaban J connectivity index is 1.74. The largest absolute Gasteiger partial charge is 0.486 e. The molecular formula is C16H20Br2O2. The molecule has 0 amide bonds. The van der Waals surface area contributed by atoms with Crippen LogP contribution >= 0.6 is 31.9 Å². The molecule has 1 aliphatic heterocycles. The molecule has 1 fully saturated rings. The molecule has 1 heterocycles. The van der Waals surface area contributed by atoms with Crippen molar-refractivity contribution in [2.75, 3.05) is 13.2 Å². The second kappa shape index (κ2) is 6.69. The first-order chi connectivity index (χ1) is 9.74. The molecule has 2 aliphatic rings. The molecule has 3 rings (SSSR count). The van der Waals surface area contributed by atoms with Gasteiger partial charge in [-0.25, -0.2) is 0 Å². The SMILES string of the molecule is Brc1cc2c(cc1C(Br)CC1CCCCC1)OCCO2. The number of alkyl halides is 1. The van der Waals surface area contributed by atoms with Crippen molar-refractivity contribution in [1.29, 1.82) is 0 Å². The van der Waals surface area contributed by atoms with Gasteiger partial charge in [0.2, 0.25) is 0 Å². The van der Waals surface area contributed by atoms with Gasteiger partial charge in [-0.05, 0) is 30.0 Å². The maximum atomic E-state index is 5.69. The van der Waals surface area contributed by atoms with Crippen LogP contribution in [-0.2, 0) is 0 Å². The van der Waals surface area contributed by atoms with E-state index in [4.69, 9.17) is 9.47 Å². The van der Waals surface area contributed by atoms with Crippen molar-refractivity contribution < 1.29 is 9.47 Å². The summed E-state index contributed by atoms with van der Waals surface area (Å²) in [5.74, 6) is 2.58. The lowest BCUT2D eigenvalue weighted by atomic mass is 9.85. The molecule has 4 heteroatoms. The summed E-state index contributed by atoms with van der Waals surface area (Å²) in [6.45, 7) is 1.28. The summed E-state index contributed by atoms with van der Waals surface area (Å²) in [4.78, 5) is 0.385. The summed E-state index contributed by atoms with van der Waals surface area (Å²) in [6.07, 6.45) is 8.17. The Morgan fingerprint density at radius 3 is 2.40 bits per heavy atom. The molecule has 0 saturated heterocycles. The molecular weight excluding hydrogens is 384 g/mol. The highest BCUT2D eigenvalue weighted by Gasteiger charge is 2.22. The number of halogens is 2. The average Bonchev–Trinajstić information content (AvgIpc) is 2.47. The third-order valence-electron chi connectivity index (χ3n) is 4.26. The third-order valence-corrected chi connectivity index (χ3v) is 5.82. The lowest BCUT2D eigenvalue weighted by Gasteiger charge is -2.26. The van der Waals surface area contributed by atoms with Crippen LogP contribution in [0.4, 0.5) is 0 Å². The van der Waals surface area contributed by atoms with Crippen LogP contribution in [0.15, 0.2) is 16.6 Å². The number of hydrogen-bond acceptors (Lipinski definition) is 2. The summed E-state index contributed by atoms with van der Waals surface area (Å²) in [7, 11) is 0. The maximum Gasteiger partial charge on any atom is 0.162 e. The zero-order valence-corrected chi connectivity index (χ0v) is 14.7. The standard InChI is InChI=1S/C16H20Br2O2/c17-13(8-11-4-2-1-3-5-11)12-9-15-16(10-14(12)18)20-7-6-19-15/h9-11,13H,1-8H2. The molecule has 0 N–H and O–H groups in total. The number of hydrogen-bond donors (Lipinski definition) is 0. The molecule has 20 heavy (non-hydrogen) atoms. The Morgan fingerprint density at radius 2 is 1.70 bits per heavy atom. The van der Waals surface area contributed by atoms with Crippen LogP contribution in [0.25, 0.3) is 0 Å². The van der Waals surface area contributed by atoms with Gasteiger partial charge in [-0.15, -0.1) is 0 Å². The zero-order chi connectivity index (χ0) is 13.9. The van der Waals surface area contributed by atoms with Crippen molar-refractivity contribution in [2.45, 2.75) is 43.4 Å². The Labute approximate surface area is 137 Å². The van der Waals surface area contributed by atoms with E-state index in [0.29, 0.717) is 18.0 Å². The van der Waals surface area contributed by atoms with Crippen molar-refractivity contribution in [3.8, 4) is 11.5 Å². The highest BCUT2D eigenvalue weighted by Crippen LogP contribution is 2.43. The van der Waals surface area contributed by atoms with E-state index in [-0.39, 0.29) is 0 Å². The summed E-state index contributed by atoms with van der Waals surface area (Å²) < 4.78 is 12.4. The van der Waals surface area contributed by atoms with Gasteiger partial charge >= 0.3 is 0 Å². The predicted octanol–water partition coefficient (Wildman–Crippen LogP) is 5.63. The van der Waals surface area contributed by atoms with Crippen LogP contribution in [0.1, 0.15) is 48.9 Å². The van der Waals surface area contributed by atoms with Gasteiger partial charge in [-0.2, -0.15) is 0 Å². The second-order valence-electron chi connectivity index (χ2n) is 5.72. The van der Waals surface area contributed by atoms with Crippen molar-refractivity contribution in [3.63, 3.8) is 0 Å². The van der Waals surface area contributed by atoms with Crippen molar-refractivity contribution in [3.05, 3.63) is 22.2 Å². The van der Waals surface area contributed by atoms with Crippen molar-refractivity contribution >= 4 is 31.9 Å². The van der Waals surface area contributed by atoms with Crippen LogP contribution in [0.2, 0.25) is 0 Å². The molecule has 0 radical (unpaired) electrons. The van der Waals surface area contributed by atoms with Gasteiger partial charge in [0.25, 0.3) is 0 Å². The topological polar surface area (TPSA) is 18.5 Å². The molecule has 1 aromatic carbocycles. The highest BCUT2D eigenvalue weighted by molar-refractivity contribution is 9.11. The first-order valence-corrected chi connectivity index (χ1v) is 9.18. The predicted molar refractivity (Wildman–Crippen MR) is 88.0 cm³/mol. The second-order valence-corrected chi connectivity index (χ2v) is 7.68. The van der Waals surface area contributed by atoms with Gasteiger partial charge in [-0.1, -0.05) is 64.0 Å². The van der Waals surface area contributed by atoms with Crippen molar-refractivity contribution in [1.82, 2.24) is 0 Å². The molecule has 1 aliphatic carbocycles. The van der Waals surface area contributed by atoms with Gasteiger partial charge in [0.15, 0.2) is 11.5 Å². The number of fused-ring (bicyclic) bond motifs is 1. The Hall–Kier alpha value is -0.220. The molecule has 1 unspecified atom stereocenters. The molecule has 1 aromatic rings. The van der Waals surface area contributed by atoms with E-state index in [1.807, 2.05) is 6.07 Å². The fourth-order valence-electron chi connectivity index (χ4n) is 3.16. The molecule has 2 nitrogen and oxygen atoms in total. The van der Waals surface area contributed by atoms with E-state index in [2.05, 4.69) is 37.9 Å². The Bertz CT molecular complexity index is 470. The Morgan fingerprint density at radius 1 is 1.05 bits per heavy atom. The van der Waals surface area contributed by atoms with E-state index in [0.717, 1.165) is 21.9 Å². The third kappa shape index (κ3) is 3.33. The minimum atomic E-state index is 0.385. The lowest BCUT2D eigenvalue weighted by Crippen LogP contribution is -2.16. The van der Waals surface area contributed by atoms with Gasteiger partial charge in [-0.3, -0.25) is 0 Å².